The van der Waals surface area contributed by atoms with Crippen molar-refractivity contribution in [3.63, 3.8) is 0 Å². The summed E-state index contributed by atoms with van der Waals surface area (Å²) < 4.78 is 5.57. The molecule has 154 valence electrons. The van der Waals surface area contributed by atoms with E-state index in [1.54, 1.807) is 17.5 Å². The predicted molar refractivity (Wildman–Crippen MR) is 105 cm³/mol. The molecule has 3 aromatic rings. The molecule has 2 N–H and O–H groups in total. The molecular formula is C17H13N5O7S. The first-order chi connectivity index (χ1) is 14.2. The van der Waals surface area contributed by atoms with Gasteiger partial charge in [0.25, 0.3) is 17.3 Å². The standard InChI is InChI=1S/C17H13N5O7S/c1-9(23)18-7-13-2-3-15(29-13)14-8-30-17(19-14)20-16(24)10-4-11(21(25)26)6-12(5-10)22(27)28/h2-6,8H,7H2,1H3,(H,18,23)(H,19,20,24). The second-order valence-corrected chi connectivity index (χ2v) is 6.78. The molecule has 0 atom stereocenters. The van der Waals surface area contributed by atoms with Crippen LogP contribution in [0.5, 0.6) is 0 Å². The monoisotopic (exact) mass is 431 g/mol. The lowest BCUT2D eigenvalue weighted by molar-refractivity contribution is -0.394. The van der Waals surface area contributed by atoms with Gasteiger partial charge in [0, 0.05) is 24.4 Å². The zero-order valence-corrected chi connectivity index (χ0v) is 16.1. The van der Waals surface area contributed by atoms with Gasteiger partial charge in [0.05, 0.1) is 28.0 Å². The van der Waals surface area contributed by atoms with Gasteiger partial charge < -0.3 is 9.73 Å². The highest BCUT2D eigenvalue weighted by atomic mass is 32.1. The topological polar surface area (TPSA) is 171 Å². The molecule has 0 fully saturated rings. The van der Waals surface area contributed by atoms with E-state index in [4.69, 9.17) is 4.42 Å². The minimum atomic E-state index is -0.819. The van der Waals surface area contributed by atoms with E-state index in [2.05, 4.69) is 15.6 Å². The Morgan fingerprint density at radius 3 is 2.40 bits per heavy atom. The van der Waals surface area contributed by atoms with Crippen LogP contribution < -0.4 is 10.6 Å². The van der Waals surface area contributed by atoms with Gasteiger partial charge >= 0.3 is 0 Å². The summed E-state index contributed by atoms with van der Waals surface area (Å²) in [4.78, 5) is 47.9. The molecule has 0 bridgehead atoms. The second-order valence-electron chi connectivity index (χ2n) is 5.92. The van der Waals surface area contributed by atoms with Gasteiger partial charge in [-0.3, -0.25) is 35.1 Å². The number of carbonyl (C=O) groups is 2. The minimum Gasteiger partial charge on any atom is -0.458 e. The normalized spacial score (nSPS) is 10.4. The average Bonchev–Trinajstić information content (AvgIpc) is 3.35. The van der Waals surface area contributed by atoms with Crippen LogP contribution in [-0.4, -0.2) is 26.6 Å². The first-order valence-corrected chi connectivity index (χ1v) is 9.15. The van der Waals surface area contributed by atoms with E-state index in [9.17, 15) is 29.8 Å². The number of nitro groups is 2. The molecule has 0 aliphatic rings. The maximum atomic E-state index is 12.4. The Bertz CT molecular complexity index is 1120. The molecule has 0 aliphatic carbocycles. The molecule has 0 saturated heterocycles. The van der Waals surface area contributed by atoms with E-state index < -0.39 is 27.1 Å². The highest BCUT2D eigenvalue weighted by Crippen LogP contribution is 2.28. The molecule has 0 aliphatic heterocycles. The molecule has 0 saturated carbocycles. The van der Waals surface area contributed by atoms with Gasteiger partial charge in [-0.05, 0) is 12.1 Å². The fourth-order valence-corrected chi connectivity index (χ4v) is 3.07. The summed E-state index contributed by atoms with van der Waals surface area (Å²) in [6.07, 6.45) is 0. The molecule has 30 heavy (non-hydrogen) atoms. The minimum absolute atomic E-state index is 0.170. The Labute approximate surface area is 171 Å². The summed E-state index contributed by atoms with van der Waals surface area (Å²) in [5, 5.41) is 28.8. The van der Waals surface area contributed by atoms with Crippen LogP contribution in [0.2, 0.25) is 0 Å². The van der Waals surface area contributed by atoms with Crippen molar-refractivity contribution in [3.05, 3.63) is 67.3 Å². The fourth-order valence-electron chi connectivity index (χ4n) is 2.37. The molecule has 2 amide bonds. The van der Waals surface area contributed by atoms with Crippen LogP contribution in [0.25, 0.3) is 11.5 Å². The lowest BCUT2D eigenvalue weighted by Gasteiger charge is -2.02. The number of thiazole rings is 1. The van der Waals surface area contributed by atoms with Crippen molar-refractivity contribution in [2.45, 2.75) is 13.5 Å². The van der Waals surface area contributed by atoms with E-state index in [-0.39, 0.29) is 23.1 Å². The number of nitrogens with one attached hydrogen (secondary N) is 2. The number of nitrogens with zero attached hydrogens (tertiary/aromatic N) is 3. The highest BCUT2D eigenvalue weighted by Gasteiger charge is 2.21. The number of carbonyl (C=O) groups excluding carboxylic acids is 2. The first-order valence-electron chi connectivity index (χ1n) is 8.27. The van der Waals surface area contributed by atoms with Crippen molar-refractivity contribution in [3.8, 4) is 11.5 Å². The van der Waals surface area contributed by atoms with Crippen molar-refractivity contribution >= 4 is 39.7 Å². The number of hydrogen-bond donors (Lipinski definition) is 2. The third kappa shape index (κ3) is 4.82. The van der Waals surface area contributed by atoms with Gasteiger partial charge in [0.2, 0.25) is 5.91 Å². The first kappa shape index (κ1) is 20.6. The number of anilines is 1. The Hall–Kier alpha value is -4.13. The number of aromatic nitrogens is 1. The van der Waals surface area contributed by atoms with Crippen LogP contribution in [0.3, 0.4) is 0 Å². The molecular weight excluding hydrogens is 418 g/mol. The van der Waals surface area contributed by atoms with Gasteiger partial charge in [-0.2, -0.15) is 0 Å². The van der Waals surface area contributed by atoms with Gasteiger partial charge in [0.1, 0.15) is 11.5 Å². The largest absolute Gasteiger partial charge is 0.458 e. The van der Waals surface area contributed by atoms with E-state index in [1.807, 2.05) is 0 Å². The van der Waals surface area contributed by atoms with Gasteiger partial charge in [0.15, 0.2) is 10.9 Å². The smallest absolute Gasteiger partial charge is 0.277 e. The number of hydrogen-bond acceptors (Lipinski definition) is 9. The summed E-state index contributed by atoms with van der Waals surface area (Å²) >= 11 is 1.08. The number of rotatable bonds is 7. The maximum absolute atomic E-state index is 12.4. The third-order valence-corrected chi connectivity index (χ3v) is 4.49. The zero-order chi connectivity index (χ0) is 21.8. The molecule has 2 aromatic heterocycles. The summed E-state index contributed by atoms with van der Waals surface area (Å²) in [5.41, 5.74) is -0.967. The summed E-state index contributed by atoms with van der Waals surface area (Å²) in [5.74, 6) is -0.0535. The van der Waals surface area contributed by atoms with Crippen LogP contribution in [0.15, 0.2) is 40.1 Å². The quantitative estimate of drug-likeness (QED) is 0.424. The Kier molecular flexibility index (Phi) is 5.83. The predicted octanol–water partition coefficient (Wildman–Crippen LogP) is 3.11. The summed E-state index contributed by atoms with van der Waals surface area (Å²) in [7, 11) is 0. The number of benzene rings is 1. The summed E-state index contributed by atoms with van der Waals surface area (Å²) in [6, 6.07) is 5.98. The number of nitro benzene ring substituents is 2. The Morgan fingerprint density at radius 1 is 1.13 bits per heavy atom. The zero-order valence-electron chi connectivity index (χ0n) is 15.3. The lowest BCUT2D eigenvalue weighted by atomic mass is 10.1. The van der Waals surface area contributed by atoms with Gasteiger partial charge in [-0.1, -0.05) is 0 Å². The Morgan fingerprint density at radius 2 is 1.80 bits per heavy atom. The van der Waals surface area contributed by atoms with Crippen LogP contribution in [0.1, 0.15) is 23.0 Å². The second kappa shape index (κ2) is 8.48. The molecule has 2 heterocycles. The third-order valence-electron chi connectivity index (χ3n) is 3.74. The van der Waals surface area contributed by atoms with Gasteiger partial charge in [-0.25, -0.2) is 4.98 Å². The molecule has 0 unspecified atom stereocenters. The maximum Gasteiger partial charge on any atom is 0.277 e. The van der Waals surface area contributed by atoms with Crippen LogP contribution in [0, 0.1) is 20.2 Å². The van der Waals surface area contributed by atoms with E-state index >= 15 is 0 Å². The van der Waals surface area contributed by atoms with Crippen LogP contribution in [-0.2, 0) is 11.3 Å². The number of non-ortho nitro benzene ring substituents is 2. The van der Waals surface area contributed by atoms with Crippen molar-refractivity contribution in [1.29, 1.82) is 0 Å². The molecule has 0 radical (unpaired) electrons. The van der Waals surface area contributed by atoms with Crippen molar-refractivity contribution in [2.75, 3.05) is 5.32 Å². The molecule has 13 heteroatoms. The van der Waals surface area contributed by atoms with E-state index in [0.29, 0.717) is 17.2 Å². The fraction of sp³-hybridized carbons (Fsp3) is 0.118. The number of furan rings is 1. The molecule has 3 rings (SSSR count). The lowest BCUT2D eigenvalue weighted by Crippen LogP contribution is -2.18. The van der Waals surface area contributed by atoms with E-state index in [1.165, 1.54) is 6.92 Å². The van der Waals surface area contributed by atoms with Crippen molar-refractivity contribution in [1.82, 2.24) is 10.3 Å². The van der Waals surface area contributed by atoms with E-state index in [0.717, 1.165) is 29.5 Å². The van der Waals surface area contributed by atoms with Gasteiger partial charge in [-0.15, -0.1) is 11.3 Å². The highest BCUT2D eigenvalue weighted by molar-refractivity contribution is 7.14. The van der Waals surface area contributed by atoms with Crippen molar-refractivity contribution in [2.24, 2.45) is 0 Å². The van der Waals surface area contributed by atoms with Crippen LogP contribution in [0.4, 0.5) is 16.5 Å². The van der Waals surface area contributed by atoms with Crippen molar-refractivity contribution < 1.29 is 23.9 Å². The molecule has 1 aromatic carbocycles. The summed E-state index contributed by atoms with van der Waals surface area (Å²) in [6.45, 7) is 1.60. The average molecular weight is 431 g/mol. The van der Waals surface area contributed by atoms with Crippen LogP contribution >= 0.6 is 11.3 Å². The Balaban J connectivity index is 1.76. The molecule has 0 spiro atoms. The molecule has 12 nitrogen and oxygen atoms in total. The SMILES string of the molecule is CC(=O)NCc1ccc(-c2csc(NC(=O)c3cc([N+](=O)[O-])cc([N+](=O)[O-])c3)n2)o1. The number of amides is 2.